The Morgan fingerprint density at radius 3 is 2.57 bits per heavy atom. The standard InChI is InChI=1S/C20H24N6O2/c1-3-12-26-20(23-24-25-26)21-13-16-6-10-18(11-7-16)28-14-19(27)22-17-8-4-15(2)5-9-17/h4-11H,3,12-14H2,1-2H3,(H,22,27)(H,21,23,25). The number of carbonyl (C=O) groups excluding carboxylic acids is 1. The number of hydrogen-bond acceptors (Lipinski definition) is 6. The van der Waals surface area contributed by atoms with Crippen molar-refractivity contribution in [2.75, 3.05) is 17.2 Å². The topological polar surface area (TPSA) is 94.0 Å². The van der Waals surface area contributed by atoms with Gasteiger partial charge in [-0.15, -0.1) is 0 Å². The minimum absolute atomic E-state index is 0.0444. The van der Waals surface area contributed by atoms with Gasteiger partial charge in [0.05, 0.1) is 0 Å². The third-order valence-corrected chi connectivity index (χ3v) is 4.05. The van der Waals surface area contributed by atoms with Crippen molar-refractivity contribution in [3.8, 4) is 5.75 Å². The number of aryl methyl sites for hydroxylation is 2. The molecule has 0 atom stereocenters. The minimum atomic E-state index is -0.197. The van der Waals surface area contributed by atoms with Gasteiger partial charge in [-0.1, -0.05) is 41.9 Å². The Balaban J connectivity index is 1.45. The van der Waals surface area contributed by atoms with Crippen LogP contribution in [0.5, 0.6) is 5.75 Å². The summed E-state index contributed by atoms with van der Waals surface area (Å²) >= 11 is 0. The number of benzene rings is 2. The smallest absolute Gasteiger partial charge is 0.262 e. The molecular formula is C20H24N6O2. The molecule has 0 radical (unpaired) electrons. The normalized spacial score (nSPS) is 10.5. The highest BCUT2D eigenvalue weighted by atomic mass is 16.5. The summed E-state index contributed by atoms with van der Waals surface area (Å²) in [5, 5.41) is 17.6. The molecule has 3 rings (SSSR count). The van der Waals surface area contributed by atoms with E-state index < -0.39 is 0 Å². The molecule has 0 unspecified atom stereocenters. The van der Waals surface area contributed by atoms with Crippen molar-refractivity contribution in [1.82, 2.24) is 20.2 Å². The molecular weight excluding hydrogens is 356 g/mol. The molecule has 0 saturated heterocycles. The third-order valence-electron chi connectivity index (χ3n) is 4.05. The first kappa shape index (κ1) is 19.3. The maximum absolute atomic E-state index is 12.0. The lowest BCUT2D eigenvalue weighted by Crippen LogP contribution is -2.20. The molecule has 8 heteroatoms. The van der Waals surface area contributed by atoms with Crippen LogP contribution in [0.2, 0.25) is 0 Å². The van der Waals surface area contributed by atoms with Crippen molar-refractivity contribution in [1.29, 1.82) is 0 Å². The highest BCUT2D eigenvalue weighted by Crippen LogP contribution is 2.14. The van der Waals surface area contributed by atoms with Crippen LogP contribution >= 0.6 is 0 Å². The van der Waals surface area contributed by atoms with Gasteiger partial charge in [0.25, 0.3) is 5.91 Å². The van der Waals surface area contributed by atoms with E-state index in [1.165, 1.54) is 0 Å². The lowest BCUT2D eigenvalue weighted by molar-refractivity contribution is -0.118. The maximum atomic E-state index is 12.0. The van der Waals surface area contributed by atoms with Crippen molar-refractivity contribution in [3.63, 3.8) is 0 Å². The van der Waals surface area contributed by atoms with E-state index in [0.717, 1.165) is 29.8 Å². The van der Waals surface area contributed by atoms with Crippen molar-refractivity contribution in [3.05, 3.63) is 59.7 Å². The number of aromatic nitrogens is 4. The largest absolute Gasteiger partial charge is 0.484 e. The van der Waals surface area contributed by atoms with Crippen molar-refractivity contribution in [2.24, 2.45) is 0 Å². The Kier molecular flexibility index (Phi) is 6.56. The maximum Gasteiger partial charge on any atom is 0.262 e. The first-order valence-corrected chi connectivity index (χ1v) is 9.22. The predicted molar refractivity (Wildman–Crippen MR) is 107 cm³/mol. The lowest BCUT2D eigenvalue weighted by Gasteiger charge is -2.09. The molecule has 28 heavy (non-hydrogen) atoms. The van der Waals surface area contributed by atoms with Gasteiger partial charge in [-0.2, -0.15) is 0 Å². The Bertz CT molecular complexity index is 890. The second-order valence-corrected chi connectivity index (χ2v) is 6.43. The van der Waals surface area contributed by atoms with E-state index in [9.17, 15) is 4.79 Å². The van der Waals surface area contributed by atoms with E-state index in [2.05, 4.69) is 33.1 Å². The quantitative estimate of drug-likeness (QED) is 0.593. The Hall–Kier alpha value is -3.42. The van der Waals surface area contributed by atoms with Gasteiger partial charge in [0.15, 0.2) is 6.61 Å². The van der Waals surface area contributed by atoms with Gasteiger partial charge in [-0.25, -0.2) is 4.68 Å². The van der Waals surface area contributed by atoms with Crippen molar-refractivity contribution < 1.29 is 9.53 Å². The molecule has 2 N–H and O–H groups in total. The zero-order valence-electron chi connectivity index (χ0n) is 16.1. The second-order valence-electron chi connectivity index (χ2n) is 6.43. The molecule has 146 valence electrons. The van der Waals surface area contributed by atoms with Crippen LogP contribution in [0.25, 0.3) is 0 Å². The van der Waals surface area contributed by atoms with E-state index >= 15 is 0 Å². The van der Waals surface area contributed by atoms with Gasteiger partial charge in [0, 0.05) is 18.8 Å². The summed E-state index contributed by atoms with van der Waals surface area (Å²) in [6, 6.07) is 15.2. The molecule has 0 aliphatic rings. The zero-order valence-corrected chi connectivity index (χ0v) is 16.1. The number of ether oxygens (including phenoxy) is 1. The highest BCUT2D eigenvalue weighted by molar-refractivity contribution is 5.91. The van der Waals surface area contributed by atoms with E-state index in [1.807, 2.05) is 55.5 Å². The number of rotatable bonds is 9. The molecule has 0 aliphatic heterocycles. The van der Waals surface area contributed by atoms with Crippen LogP contribution in [0.1, 0.15) is 24.5 Å². The number of hydrogen-bond donors (Lipinski definition) is 2. The van der Waals surface area contributed by atoms with Crippen LogP contribution in [0.3, 0.4) is 0 Å². The molecule has 3 aromatic rings. The summed E-state index contributed by atoms with van der Waals surface area (Å²) in [7, 11) is 0. The fourth-order valence-corrected chi connectivity index (χ4v) is 2.56. The summed E-state index contributed by atoms with van der Waals surface area (Å²) in [6.07, 6.45) is 0.962. The molecule has 0 fully saturated rings. The number of amides is 1. The summed E-state index contributed by atoms with van der Waals surface area (Å²) < 4.78 is 7.29. The molecule has 0 saturated carbocycles. The van der Waals surface area contributed by atoms with Crippen LogP contribution < -0.4 is 15.4 Å². The summed E-state index contributed by atoms with van der Waals surface area (Å²) in [6.45, 7) is 5.40. The zero-order chi connectivity index (χ0) is 19.8. The van der Waals surface area contributed by atoms with Gasteiger partial charge >= 0.3 is 0 Å². The summed E-state index contributed by atoms with van der Waals surface area (Å²) in [5.41, 5.74) is 2.96. The summed E-state index contributed by atoms with van der Waals surface area (Å²) in [5.74, 6) is 1.09. The van der Waals surface area contributed by atoms with Crippen LogP contribution in [-0.2, 0) is 17.9 Å². The van der Waals surface area contributed by atoms with Crippen molar-refractivity contribution in [2.45, 2.75) is 33.4 Å². The number of tetrazole rings is 1. The van der Waals surface area contributed by atoms with E-state index in [1.54, 1.807) is 4.68 Å². The lowest BCUT2D eigenvalue weighted by atomic mass is 10.2. The SMILES string of the molecule is CCCn1nnnc1NCc1ccc(OCC(=O)Nc2ccc(C)cc2)cc1. The van der Waals surface area contributed by atoms with Crippen LogP contribution in [0.15, 0.2) is 48.5 Å². The Morgan fingerprint density at radius 1 is 1.11 bits per heavy atom. The monoisotopic (exact) mass is 380 g/mol. The van der Waals surface area contributed by atoms with Crippen LogP contribution in [0.4, 0.5) is 11.6 Å². The molecule has 0 spiro atoms. The van der Waals surface area contributed by atoms with E-state index in [0.29, 0.717) is 18.2 Å². The molecule has 1 heterocycles. The molecule has 2 aromatic carbocycles. The molecule has 1 amide bonds. The average molecular weight is 380 g/mol. The Labute approximate surface area is 163 Å². The first-order chi connectivity index (χ1) is 13.6. The van der Waals surface area contributed by atoms with Crippen molar-refractivity contribution >= 4 is 17.5 Å². The number of nitrogens with zero attached hydrogens (tertiary/aromatic N) is 4. The number of nitrogens with one attached hydrogen (secondary N) is 2. The average Bonchev–Trinajstić information content (AvgIpc) is 3.15. The molecule has 8 nitrogen and oxygen atoms in total. The summed E-state index contributed by atoms with van der Waals surface area (Å²) in [4.78, 5) is 12.0. The number of carbonyl (C=O) groups is 1. The third kappa shape index (κ3) is 5.54. The van der Waals surface area contributed by atoms with Gasteiger partial charge in [0.1, 0.15) is 5.75 Å². The fraction of sp³-hybridized carbons (Fsp3) is 0.300. The minimum Gasteiger partial charge on any atom is -0.484 e. The van der Waals surface area contributed by atoms with Gasteiger partial charge in [0.2, 0.25) is 5.95 Å². The highest BCUT2D eigenvalue weighted by Gasteiger charge is 2.06. The van der Waals surface area contributed by atoms with Gasteiger partial charge in [-0.05, 0) is 53.6 Å². The van der Waals surface area contributed by atoms with E-state index in [4.69, 9.17) is 4.74 Å². The number of anilines is 2. The Morgan fingerprint density at radius 2 is 1.86 bits per heavy atom. The van der Waals surface area contributed by atoms with E-state index in [-0.39, 0.29) is 12.5 Å². The molecule has 0 aliphatic carbocycles. The first-order valence-electron chi connectivity index (χ1n) is 9.22. The second kappa shape index (κ2) is 9.50. The molecule has 1 aromatic heterocycles. The fourth-order valence-electron chi connectivity index (χ4n) is 2.56. The molecule has 0 bridgehead atoms. The van der Waals surface area contributed by atoms with Gasteiger partial charge < -0.3 is 15.4 Å². The van der Waals surface area contributed by atoms with Crippen LogP contribution in [0, 0.1) is 6.92 Å². The van der Waals surface area contributed by atoms with Crippen LogP contribution in [-0.4, -0.2) is 32.7 Å². The predicted octanol–water partition coefficient (Wildman–Crippen LogP) is 3.02. The van der Waals surface area contributed by atoms with Gasteiger partial charge in [-0.3, -0.25) is 4.79 Å².